The summed E-state index contributed by atoms with van der Waals surface area (Å²) >= 11 is 2.72. The Morgan fingerprint density at radius 3 is 2.62 bits per heavy atom. The molecule has 1 saturated heterocycles. The number of methoxy groups -OCH3 is 2. The topological polar surface area (TPSA) is 64.0 Å². The number of hydrogen-bond donors (Lipinski definition) is 0. The first-order chi connectivity index (χ1) is 14.2. The average molecular weight is 424 g/mol. The maximum absolute atomic E-state index is 13.3. The van der Waals surface area contributed by atoms with E-state index >= 15 is 0 Å². The van der Waals surface area contributed by atoms with Crippen LogP contribution in [0, 0.1) is 0 Å². The highest BCUT2D eigenvalue weighted by atomic mass is 32.2. The van der Waals surface area contributed by atoms with Gasteiger partial charge >= 0.3 is 0 Å². The minimum absolute atomic E-state index is 0.152. The molecule has 0 N–H and O–H groups in total. The summed E-state index contributed by atoms with van der Waals surface area (Å²) in [6, 6.07) is 14.9. The lowest BCUT2D eigenvalue weighted by atomic mass is 10.1. The summed E-state index contributed by atoms with van der Waals surface area (Å²) < 4.78 is 10.8. The molecule has 1 fully saturated rings. The number of thiazole rings is 1. The smallest absolute Gasteiger partial charge is 0.271 e. The molecule has 0 radical (unpaired) electrons. The summed E-state index contributed by atoms with van der Waals surface area (Å²) in [5, 5.41) is 3.01. The van der Waals surface area contributed by atoms with Crippen molar-refractivity contribution in [2.24, 2.45) is 4.99 Å². The number of benzene rings is 2. The Hall–Kier alpha value is -3.10. The average Bonchev–Trinajstić information content (AvgIpc) is 3.37. The van der Waals surface area contributed by atoms with E-state index in [0.717, 1.165) is 11.3 Å². The van der Waals surface area contributed by atoms with Gasteiger partial charge in [0, 0.05) is 17.1 Å². The van der Waals surface area contributed by atoms with Crippen molar-refractivity contribution in [3.8, 4) is 11.5 Å². The molecule has 1 aromatic heterocycles. The Bertz CT molecular complexity index is 1080. The van der Waals surface area contributed by atoms with Crippen LogP contribution >= 0.6 is 23.1 Å². The molecule has 0 aliphatic carbocycles. The van der Waals surface area contributed by atoms with Gasteiger partial charge in [0.25, 0.3) is 5.91 Å². The second-order valence-corrected chi connectivity index (χ2v) is 7.79. The van der Waals surface area contributed by atoms with Crippen molar-refractivity contribution in [1.82, 2.24) is 4.98 Å². The van der Waals surface area contributed by atoms with Crippen LogP contribution in [-0.2, 0) is 4.79 Å². The fraction of sp³-hybridized carbons (Fsp3) is 0.0952. The lowest BCUT2D eigenvalue weighted by molar-refractivity contribution is -0.113. The molecular weight excluding hydrogens is 406 g/mol. The van der Waals surface area contributed by atoms with E-state index in [9.17, 15) is 4.79 Å². The highest BCUT2D eigenvalue weighted by Gasteiger charge is 2.35. The van der Waals surface area contributed by atoms with Gasteiger partial charge < -0.3 is 9.47 Å². The zero-order chi connectivity index (χ0) is 20.2. The van der Waals surface area contributed by atoms with Crippen LogP contribution in [-0.4, -0.2) is 30.3 Å². The first kappa shape index (κ1) is 19.2. The first-order valence-corrected chi connectivity index (χ1v) is 10.4. The van der Waals surface area contributed by atoms with Crippen LogP contribution < -0.4 is 14.4 Å². The van der Waals surface area contributed by atoms with Gasteiger partial charge in [-0.05, 0) is 48.2 Å². The monoisotopic (exact) mass is 423 g/mol. The minimum Gasteiger partial charge on any atom is -0.497 e. The van der Waals surface area contributed by atoms with Crippen LogP contribution in [0.3, 0.4) is 0 Å². The number of carbonyl (C=O) groups is 1. The Labute approximate surface area is 176 Å². The molecule has 0 bridgehead atoms. The SMILES string of the molecule is COc1ccc(OC)c(/C=C2\S/C(=N/c3nccs3)N(c3ccccc3)C2=O)c1. The second-order valence-electron chi connectivity index (χ2n) is 5.90. The van der Waals surface area contributed by atoms with E-state index < -0.39 is 0 Å². The fourth-order valence-electron chi connectivity index (χ4n) is 2.80. The van der Waals surface area contributed by atoms with Crippen molar-refractivity contribution < 1.29 is 14.3 Å². The minimum atomic E-state index is -0.152. The molecule has 3 aromatic rings. The molecule has 0 unspecified atom stereocenters. The van der Waals surface area contributed by atoms with Crippen molar-refractivity contribution in [2.45, 2.75) is 0 Å². The van der Waals surface area contributed by atoms with Crippen molar-refractivity contribution in [3.63, 3.8) is 0 Å². The van der Waals surface area contributed by atoms with Crippen LogP contribution in [0.5, 0.6) is 11.5 Å². The van der Waals surface area contributed by atoms with Crippen LogP contribution in [0.15, 0.2) is 70.0 Å². The summed E-state index contributed by atoms with van der Waals surface area (Å²) in [4.78, 5) is 24.2. The molecule has 0 spiro atoms. The molecule has 1 aliphatic rings. The van der Waals surface area contributed by atoms with Crippen molar-refractivity contribution in [2.75, 3.05) is 19.1 Å². The second kappa shape index (κ2) is 8.50. The molecule has 4 rings (SSSR count). The van der Waals surface area contributed by atoms with E-state index in [4.69, 9.17) is 9.47 Å². The summed E-state index contributed by atoms with van der Waals surface area (Å²) in [6.45, 7) is 0. The highest BCUT2D eigenvalue weighted by molar-refractivity contribution is 8.19. The fourth-order valence-corrected chi connectivity index (χ4v) is 4.33. The Morgan fingerprint density at radius 2 is 1.93 bits per heavy atom. The van der Waals surface area contributed by atoms with Crippen molar-refractivity contribution in [3.05, 3.63) is 70.6 Å². The van der Waals surface area contributed by atoms with E-state index in [2.05, 4.69) is 9.98 Å². The van der Waals surface area contributed by atoms with Gasteiger partial charge in [-0.1, -0.05) is 18.2 Å². The van der Waals surface area contributed by atoms with Crippen LogP contribution in [0.1, 0.15) is 5.56 Å². The Balaban J connectivity index is 1.78. The largest absolute Gasteiger partial charge is 0.497 e. The standard InChI is InChI=1S/C21H17N3O3S2/c1-26-16-8-9-17(27-2)14(12-16)13-18-19(25)24(15-6-4-3-5-7-15)21(29-18)23-20-22-10-11-28-20/h3-13H,1-2H3/b18-13-,23-21+. The Kier molecular flexibility index (Phi) is 5.64. The van der Waals surface area contributed by atoms with Gasteiger partial charge in [0.05, 0.1) is 24.8 Å². The molecule has 1 amide bonds. The van der Waals surface area contributed by atoms with E-state index in [1.165, 1.54) is 23.1 Å². The number of aliphatic imine (C=N–C) groups is 1. The van der Waals surface area contributed by atoms with Gasteiger partial charge in [0.1, 0.15) is 11.5 Å². The third-order valence-corrected chi connectivity index (χ3v) is 5.79. The first-order valence-electron chi connectivity index (χ1n) is 8.69. The number of aromatic nitrogens is 1. The number of ether oxygens (including phenoxy) is 2. The number of para-hydroxylation sites is 1. The number of rotatable bonds is 5. The van der Waals surface area contributed by atoms with Crippen molar-refractivity contribution >= 4 is 51.1 Å². The van der Waals surface area contributed by atoms with Crippen LogP contribution in [0.4, 0.5) is 10.8 Å². The van der Waals surface area contributed by atoms with Gasteiger partial charge in [-0.2, -0.15) is 4.99 Å². The normalized spacial score (nSPS) is 16.6. The number of carbonyl (C=O) groups excluding carboxylic acids is 1. The van der Waals surface area contributed by atoms with Gasteiger partial charge in [-0.25, -0.2) is 4.98 Å². The number of amides is 1. The number of anilines is 1. The zero-order valence-electron chi connectivity index (χ0n) is 15.7. The lowest BCUT2D eigenvalue weighted by Crippen LogP contribution is -2.28. The van der Waals surface area contributed by atoms with E-state index in [-0.39, 0.29) is 5.91 Å². The maximum Gasteiger partial charge on any atom is 0.271 e. The number of thioether (sulfide) groups is 1. The molecule has 6 nitrogen and oxygen atoms in total. The summed E-state index contributed by atoms with van der Waals surface area (Å²) in [5.41, 5.74) is 1.51. The molecule has 8 heteroatoms. The molecule has 2 heterocycles. The summed E-state index contributed by atoms with van der Waals surface area (Å²) in [5.74, 6) is 1.19. The predicted octanol–water partition coefficient (Wildman–Crippen LogP) is 4.97. The highest BCUT2D eigenvalue weighted by Crippen LogP contribution is 2.38. The van der Waals surface area contributed by atoms with E-state index in [0.29, 0.717) is 26.7 Å². The number of hydrogen-bond acceptors (Lipinski definition) is 7. The molecular formula is C21H17N3O3S2. The third kappa shape index (κ3) is 4.03. The zero-order valence-corrected chi connectivity index (χ0v) is 17.4. The third-order valence-electron chi connectivity index (χ3n) is 4.15. The summed E-state index contributed by atoms with van der Waals surface area (Å²) in [6.07, 6.45) is 3.49. The lowest BCUT2D eigenvalue weighted by Gasteiger charge is -2.15. The molecule has 0 atom stereocenters. The molecule has 29 heavy (non-hydrogen) atoms. The van der Waals surface area contributed by atoms with Gasteiger partial charge in [0.2, 0.25) is 5.13 Å². The predicted molar refractivity (Wildman–Crippen MR) is 118 cm³/mol. The van der Waals surface area contributed by atoms with E-state index in [1.54, 1.807) is 31.4 Å². The quantitative estimate of drug-likeness (QED) is 0.542. The van der Waals surface area contributed by atoms with Crippen LogP contribution in [0.25, 0.3) is 6.08 Å². The Morgan fingerprint density at radius 1 is 1.10 bits per heavy atom. The van der Waals surface area contributed by atoms with E-state index in [1.807, 2.05) is 53.9 Å². The van der Waals surface area contributed by atoms with Gasteiger partial charge in [0.15, 0.2) is 5.17 Å². The van der Waals surface area contributed by atoms with Gasteiger partial charge in [-0.15, -0.1) is 11.3 Å². The van der Waals surface area contributed by atoms with Crippen LogP contribution in [0.2, 0.25) is 0 Å². The maximum atomic E-state index is 13.3. The molecule has 1 aliphatic heterocycles. The number of amidine groups is 1. The summed E-state index contributed by atoms with van der Waals surface area (Å²) in [7, 11) is 3.20. The molecule has 2 aromatic carbocycles. The molecule has 0 saturated carbocycles. The van der Waals surface area contributed by atoms with Gasteiger partial charge in [-0.3, -0.25) is 9.69 Å². The molecule has 146 valence electrons. The number of nitrogens with zero attached hydrogens (tertiary/aromatic N) is 3. The van der Waals surface area contributed by atoms with Crippen molar-refractivity contribution in [1.29, 1.82) is 0 Å².